The molecule has 1 N–H and O–H groups in total. The van der Waals surface area contributed by atoms with Gasteiger partial charge in [-0.25, -0.2) is 4.79 Å². The third-order valence-electron chi connectivity index (χ3n) is 10.5. The summed E-state index contributed by atoms with van der Waals surface area (Å²) in [6, 6.07) is 0. The molecule has 0 unspecified atom stereocenters. The first-order valence-electron chi connectivity index (χ1n) is 12.7. The molecule has 0 aromatic rings. The van der Waals surface area contributed by atoms with Crippen LogP contribution in [0.5, 0.6) is 0 Å². The Bertz CT molecular complexity index is 895. The molecule has 0 bridgehead atoms. The minimum atomic E-state index is -0.840. The maximum absolute atomic E-state index is 13.7. The number of hydrogen-bond donors (Lipinski definition) is 1. The van der Waals surface area contributed by atoms with Crippen LogP contribution in [0.1, 0.15) is 92.4 Å². The van der Waals surface area contributed by atoms with Crippen molar-refractivity contribution in [2.24, 2.45) is 40.4 Å². The van der Waals surface area contributed by atoms with Gasteiger partial charge < -0.3 is 5.11 Å². The van der Waals surface area contributed by atoms with Crippen LogP contribution in [-0.4, -0.2) is 22.6 Å². The molecule has 0 aliphatic heterocycles. The lowest BCUT2D eigenvalue weighted by molar-refractivity contribution is -0.153. The molecule has 4 aliphatic rings. The minimum Gasteiger partial charge on any atom is -0.478 e. The van der Waals surface area contributed by atoms with Crippen molar-refractivity contribution in [2.45, 2.75) is 92.4 Å². The van der Waals surface area contributed by atoms with E-state index < -0.39 is 5.97 Å². The molecule has 0 radical (unpaired) electrons. The Kier molecular flexibility index (Phi) is 6.05. The van der Waals surface area contributed by atoms with Gasteiger partial charge in [0.1, 0.15) is 5.78 Å². The summed E-state index contributed by atoms with van der Waals surface area (Å²) in [5.74, 6) is 1.69. The zero-order valence-corrected chi connectivity index (χ0v) is 20.5. The molecule has 4 aliphatic carbocycles. The summed E-state index contributed by atoms with van der Waals surface area (Å²) in [6.07, 6.45) is 10.1. The fourth-order valence-corrected chi connectivity index (χ4v) is 8.48. The van der Waals surface area contributed by atoms with E-state index in [0.717, 1.165) is 44.1 Å². The molecule has 4 nitrogen and oxygen atoms in total. The van der Waals surface area contributed by atoms with Crippen molar-refractivity contribution in [3.63, 3.8) is 0 Å². The Morgan fingerprint density at radius 1 is 1.16 bits per heavy atom. The monoisotopic (exact) mass is 440 g/mol. The smallest absolute Gasteiger partial charge is 0.330 e. The molecule has 7 atom stereocenters. The van der Waals surface area contributed by atoms with Gasteiger partial charge in [-0.2, -0.15) is 0 Å². The normalized spacial score (nSPS) is 40.6. The molecule has 4 rings (SSSR count). The zero-order valence-electron chi connectivity index (χ0n) is 20.5. The summed E-state index contributed by atoms with van der Waals surface area (Å²) >= 11 is 0. The first kappa shape index (κ1) is 23.4. The van der Waals surface area contributed by atoms with Crippen LogP contribution in [0.2, 0.25) is 0 Å². The first-order chi connectivity index (χ1) is 15.0. The van der Waals surface area contributed by atoms with Gasteiger partial charge in [0.25, 0.3) is 0 Å². The number of Topliss-reactive ketones (excluding diaryl/α,β-unsaturated/α-hetero) is 2. The highest BCUT2D eigenvalue weighted by Crippen LogP contribution is 2.70. The number of fused-ring (bicyclic) bond motifs is 5. The van der Waals surface area contributed by atoms with Crippen molar-refractivity contribution in [3.05, 3.63) is 22.8 Å². The van der Waals surface area contributed by atoms with Crippen molar-refractivity contribution < 1.29 is 19.5 Å². The number of carbonyl (C=O) groups excluding carboxylic acids is 2. The largest absolute Gasteiger partial charge is 0.478 e. The third-order valence-corrected chi connectivity index (χ3v) is 10.5. The van der Waals surface area contributed by atoms with Crippen LogP contribution >= 0.6 is 0 Å². The molecule has 0 saturated heterocycles. The van der Waals surface area contributed by atoms with Crippen LogP contribution in [0.25, 0.3) is 0 Å². The van der Waals surface area contributed by atoms with Crippen molar-refractivity contribution in [1.29, 1.82) is 0 Å². The Morgan fingerprint density at radius 3 is 2.56 bits per heavy atom. The van der Waals surface area contributed by atoms with E-state index in [0.29, 0.717) is 47.9 Å². The number of hydrogen-bond acceptors (Lipinski definition) is 3. The standard InChI is InChI=1S/C28H40O4/c1-16(7-6-8-17(2)26(31)32)21-13-14-27(4)22-11-9-19-18(3)23(29)12-10-20(19)25(22)24(30)15-28(21,27)5/h8,16,20-22,25H,6-7,9-15H2,1-5H3,(H,31,32)/b17-8+/t16-,20+,21-,22-,25-,27+,28-/m1/s1. The van der Waals surface area contributed by atoms with Gasteiger partial charge in [-0.3, -0.25) is 9.59 Å². The molecular weight excluding hydrogens is 400 g/mol. The van der Waals surface area contributed by atoms with Crippen molar-refractivity contribution in [3.8, 4) is 0 Å². The Morgan fingerprint density at radius 2 is 1.88 bits per heavy atom. The minimum absolute atomic E-state index is 0.0109. The van der Waals surface area contributed by atoms with E-state index in [4.69, 9.17) is 5.11 Å². The molecule has 176 valence electrons. The number of carboxylic acid groups (broad SMARTS) is 1. The second kappa shape index (κ2) is 8.25. The highest BCUT2D eigenvalue weighted by molar-refractivity contribution is 5.97. The van der Waals surface area contributed by atoms with Gasteiger partial charge in [-0.1, -0.05) is 32.4 Å². The SMILES string of the molecule is CC1=C2CC[C@@H]3[C@H](C(=O)C[C@]4(C)[C@@H]([C@H](C)CC/C=C(\C)C(=O)O)CC[C@@]34C)[C@H]2CCC1=O. The topological polar surface area (TPSA) is 71.4 Å². The molecule has 0 aromatic heterocycles. The molecule has 0 amide bonds. The summed E-state index contributed by atoms with van der Waals surface area (Å²) in [7, 11) is 0. The molecular formula is C28H40O4. The fourth-order valence-electron chi connectivity index (χ4n) is 8.48. The van der Waals surface area contributed by atoms with Crippen LogP contribution in [0, 0.1) is 40.4 Å². The average molecular weight is 441 g/mol. The zero-order chi connectivity index (χ0) is 23.4. The predicted molar refractivity (Wildman–Crippen MR) is 125 cm³/mol. The van der Waals surface area contributed by atoms with Crippen molar-refractivity contribution in [1.82, 2.24) is 0 Å². The number of allylic oxidation sites excluding steroid dienone is 2. The van der Waals surface area contributed by atoms with Crippen LogP contribution in [0.15, 0.2) is 22.8 Å². The van der Waals surface area contributed by atoms with Crippen molar-refractivity contribution >= 4 is 17.5 Å². The first-order valence-corrected chi connectivity index (χ1v) is 12.7. The average Bonchev–Trinajstić information content (AvgIpc) is 3.01. The van der Waals surface area contributed by atoms with E-state index in [-0.39, 0.29) is 22.5 Å². The highest BCUT2D eigenvalue weighted by atomic mass is 16.4. The predicted octanol–water partition coefficient (Wildman–Crippen LogP) is 6.15. The number of aliphatic carboxylic acids is 1. The molecule has 32 heavy (non-hydrogen) atoms. The lowest BCUT2D eigenvalue weighted by atomic mass is 9.44. The quantitative estimate of drug-likeness (QED) is 0.520. The van der Waals surface area contributed by atoms with Crippen molar-refractivity contribution in [2.75, 3.05) is 0 Å². The second-order valence-corrected chi connectivity index (χ2v) is 11.8. The Labute approximate surface area is 192 Å². The number of rotatable bonds is 5. The molecule has 0 spiro atoms. The lowest BCUT2D eigenvalue weighted by Gasteiger charge is -2.59. The summed E-state index contributed by atoms with van der Waals surface area (Å²) in [5.41, 5.74) is 2.85. The van der Waals surface area contributed by atoms with Crippen LogP contribution in [0.3, 0.4) is 0 Å². The summed E-state index contributed by atoms with van der Waals surface area (Å²) < 4.78 is 0. The maximum Gasteiger partial charge on any atom is 0.330 e. The van der Waals surface area contributed by atoms with Crippen LogP contribution in [-0.2, 0) is 14.4 Å². The number of carbonyl (C=O) groups is 3. The van der Waals surface area contributed by atoms with E-state index in [2.05, 4.69) is 20.8 Å². The summed E-state index contributed by atoms with van der Waals surface area (Å²) in [6.45, 7) is 10.8. The lowest BCUT2D eigenvalue weighted by Crippen LogP contribution is -2.57. The van der Waals surface area contributed by atoms with Gasteiger partial charge in [0.05, 0.1) is 0 Å². The molecule has 4 heteroatoms. The highest BCUT2D eigenvalue weighted by Gasteiger charge is 2.65. The van der Waals surface area contributed by atoms with E-state index in [1.165, 1.54) is 12.0 Å². The van der Waals surface area contributed by atoms with Crippen LogP contribution < -0.4 is 0 Å². The van der Waals surface area contributed by atoms with Gasteiger partial charge in [0, 0.05) is 24.3 Å². The maximum atomic E-state index is 13.7. The Balaban J connectivity index is 1.57. The molecule has 0 aromatic carbocycles. The number of carboxylic acids is 1. The van der Waals surface area contributed by atoms with Gasteiger partial charge in [0.15, 0.2) is 5.78 Å². The molecule has 0 heterocycles. The van der Waals surface area contributed by atoms with Gasteiger partial charge >= 0.3 is 5.97 Å². The van der Waals surface area contributed by atoms with E-state index in [1.54, 1.807) is 6.92 Å². The Hall–Kier alpha value is -1.71. The summed E-state index contributed by atoms with van der Waals surface area (Å²) in [5, 5.41) is 9.11. The second-order valence-electron chi connectivity index (χ2n) is 11.8. The third kappa shape index (κ3) is 3.44. The van der Waals surface area contributed by atoms with Crippen LogP contribution in [0.4, 0.5) is 0 Å². The van der Waals surface area contributed by atoms with Gasteiger partial charge in [-0.05, 0) is 98.9 Å². The molecule has 3 fully saturated rings. The van der Waals surface area contributed by atoms with Gasteiger partial charge in [0.2, 0.25) is 0 Å². The van der Waals surface area contributed by atoms with E-state index in [1.807, 2.05) is 13.0 Å². The number of ketones is 2. The molecule has 3 saturated carbocycles. The summed E-state index contributed by atoms with van der Waals surface area (Å²) in [4.78, 5) is 37.1. The fraction of sp³-hybridized carbons (Fsp3) is 0.750. The van der Waals surface area contributed by atoms with Gasteiger partial charge in [-0.15, -0.1) is 0 Å². The van der Waals surface area contributed by atoms with E-state index in [9.17, 15) is 14.4 Å². The van der Waals surface area contributed by atoms with E-state index >= 15 is 0 Å².